The number of rotatable bonds is 2. The number of nitrogens with one attached hydrogen (secondary N) is 2. The number of amides is 1. The molecule has 8 heteroatoms. The number of H-pyrrole nitrogens is 2. The van der Waals surface area contributed by atoms with Gasteiger partial charge in [0.1, 0.15) is 17.3 Å². The molecule has 0 unspecified atom stereocenters. The summed E-state index contributed by atoms with van der Waals surface area (Å²) in [5.41, 5.74) is 1.20. The van der Waals surface area contributed by atoms with Crippen molar-refractivity contribution in [2.24, 2.45) is 0 Å². The van der Waals surface area contributed by atoms with Gasteiger partial charge >= 0.3 is 5.69 Å². The SMILES string of the molecule is O=C(Cc1n[nH]c(=O)[nH]1)N1Cc2ccccc2Oc2cccc(Cl)c2C1. The molecule has 1 aromatic heterocycles. The van der Waals surface area contributed by atoms with Crippen LogP contribution in [0.1, 0.15) is 17.0 Å². The van der Waals surface area contributed by atoms with Crippen LogP contribution < -0.4 is 10.4 Å². The Morgan fingerprint density at radius 3 is 2.77 bits per heavy atom. The lowest BCUT2D eigenvalue weighted by Gasteiger charge is -2.28. The molecule has 0 bridgehead atoms. The molecule has 4 rings (SSSR count). The minimum Gasteiger partial charge on any atom is -0.457 e. The number of aromatic nitrogens is 3. The smallest absolute Gasteiger partial charge is 0.340 e. The van der Waals surface area contributed by atoms with E-state index in [1.807, 2.05) is 36.4 Å². The van der Waals surface area contributed by atoms with Gasteiger partial charge in [-0.1, -0.05) is 35.9 Å². The van der Waals surface area contributed by atoms with E-state index in [4.69, 9.17) is 16.3 Å². The Morgan fingerprint density at radius 1 is 1.15 bits per heavy atom. The molecule has 2 heterocycles. The molecule has 1 amide bonds. The van der Waals surface area contributed by atoms with Gasteiger partial charge in [0, 0.05) is 22.7 Å². The molecule has 2 N–H and O–H groups in total. The first-order valence-electron chi connectivity index (χ1n) is 8.04. The first kappa shape index (κ1) is 16.4. The Balaban J connectivity index is 1.71. The number of carbonyl (C=O) groups excluding carboxylic acids is 1. The van der Waals surface area contributed by atoms with Crippen molar-refractivity contribution in [3.05, 3.63) is 74.9 Å². The minimum absolute atomic E-state index is 0.0124. The van der Waals surface area contributed by atoms with Crippen LogP contribution in [0, 0.1) is 0 Å². The number of hydrogen-bond acceptors (Lipinski definition) is 4. The van der Waals surface area contributed by atoms with Crippen LogP contribution >= 0.6 is 11.6 Å². The zero-order valence-electron chi connectivity index (χ0n) is 13.7. The van der Waals surface area contributed by atoms with Crippen LogP contribution in [0.25, 0.3) is 0 Å². The van der Waals surface area contributed by atoms with Crippen molar-refractivity contribution in [3.63, 3.8) is 0 Å². The van der Waals surface area contributed by atoms with Crippen LogP contribution in [0.15, 0.2) is 47.3 Å². The quantitative estimate of drug-likeness (QED) is 0.725. The zero-order chi connectivity index (χ0) is 18.1. The molecule has 1 aliphatic heterocycles. The Hall–Kier alpha value is -3.06. The van der Waals surface area contributed by atoms with Gasteiger partial charge in [0.25, 0.3) is 0 Å². The van der Waals surface area contributed by atoms with Crippen molar-refractivity contribution in [2.75, 3.05) is 0 Å². The van der Waals surface area contributed by atoms with Crippen LogP contribution in [-0.2, 0) is 24.3 Å². The third-order valence-corrected chi connectivity index (χ3v) is 4.55. The normalized spacial score (nSPS) is 13.2. The number of aromatic amines is 2. The maximum Gasteiger partial charge on any atom is 0.340 e. The van der Waals surface area contributed by atoms with Crippen LogP contribution in [-0.4, -0.2) is 26.0 Å². The van der Waals surface area contributed by atoms with Crippen molar-refractivity contribution in [2.45, 2.75) is 19.5 Å². The summed E-state index contributed by atoms with van der Waals surface area (Å²) >= 11 is 6.35. The lowest BCUT2D eigenvalue weighted by atomic mass is 10.1. The molecule has 26 heavy (non-hydrogen) atoms. The second-order valence-electron chi connectivity index (χ2n) is 5.98. The predicted octanol–water partition coefficient (Wildman–Crippen LogP) is 2.63. The summed E-state index contributed by atoms with van der Waals surface area (Å²) in [4.78, 5) is 28.2. The standard InChI is InChI=1S/C18H15ClN4O3/c19-13-5-3-7-15-12(13)10-23(9-11-4-1-2-6-14(11)26-15)17(24)8-16-20-18(25)22-21-16/h1-7H,8-10H2,(H2,20,21,22,25). The van der Waals surface area contributed by atoms with Crippen molar-refractivity contribution in [1.82, 2.24) is 20.1 Å². The third-order valence-electron chi connectivity index (χ3n) is 4.20. The zero-order valence-corrected chi connectivity index (χ0v) is 14.4. The Labute approximate surface area is 153 Å². The van der Waals surface area contributed by atoms with Gasteiger partial charge < -0.3 is 9.64 Å². The summed E-state index contributed by atoms with van der Waals surface area (Å²) < 4.78 is 6.03. The summed E-state index contributed by atoms with van der Waals surface area (Å²) in [5, 5.41) is 6.61. The maximum atomic E-state index is 12.8. The molecule has 1 aliphatic rings. The fourth-order valence-corrected chi connectivity index (χ4v) is 3.14. The van der Waals surface area contributed by atoms with E-state index in [0.717, 1.165) is 11.1 Å². The molecule has 0 saturated heterocycles. The van der Waals surface area contributed by atoms with Crippen LogP contribution in [0.2, 0.25) is 5.02 Å². The fourth-order valence-electron chi connectivity index (χ4n) is 2.91. The lowest BCUT2D eigenvalue weighted by molar-refractivity contribution is -0.131. The third kappa shape index (κ3) is 3.21. The van der Waals surface area contributed by atoms with E-state index >= 15 is 0 Å². The van der Waals surface area contributed by atoms with Crippen LogP contribution in [0.3, 0.4) is 0 Å². The monoisotopic (exact) mass is 370 g/mol. The minimum atomic E-state index is -0.437. The number of nitrogens with zero attached hydrogens (tertiary/aromatic N) is 2. The van der Waals surface area contributed by atoms with Crippen molar-refractivity contribution in [3.8, 4) is 11.5 Å². The van der Waals surface area contributed by atoms with E-state index in [1.54, 1.807) is 11.0 Å². The number of para-hydroxylation sites is 1. The molecule has 0 fully saturated rings. The van der Waals surface area contributed by atoms with Gasteiger partial charge in [-0.2, -0.15) is 5.10 Å². The average molecular weight is 371 g/mol. The predicted molar refractivity (Wildman–Crippen MR) is 95.1 cm³/mol. The number of halogens is 1. The average Bonchev–Trinajstić information content (AvgIpc) is 3.01. The van der Waals surface area contributed by atoms with E-state index in [1.165, 1.54) is 0 Å². The van der Waals surface area contributed by atoms with Gasteiger partial charge in [0.2, 0.25) is 5.91 Å². The molecule has 0 saturated carbocycles. The van der Waals surface area contributed by atoms with Crippen LogP contribution in [0.5, 0.6) is 11.5 Å². The van der Waals surface area contributed by atoms with E-state index in [2.05, 4.69) is 15.2 Å². The van der Waals surface area contributed by atoms with Crippen molar-refractivity contribution < 1.29 is 9.53 Å². The molecule has 0 radical (unpaired) electrons. The van der Waals surface area contributed by atoms with Gasteiger partial charge in [-0.05, 0) is 18.2 Å². The summed E-state index contributed by atoms with van der Waals surface area (Å²) in [6.07, 6.45) is -0.0124. The molecule has 132 valence electrons. The second kappa shape index (κ2) is 6.68. The topological polar surface area (TPSA) is 91.1 Å². The number of carbonyl (C=O) groups is 1. The molecular weight excluding hydrogens is 356 g/mol. The first-order chi connectivity index (χ1) is 12.6. The molecule has 2 aromatic carbocycles. The van der Waals surface area contributed by atoms with Gasteiger partial charge in [-0.3, -0.25) is 9.78 Å². The summed E-state index contributed by atoms with van der Waals surface area (Å²) in [5.74, 6) is 1.43. The Morgan fingerprint density at radius 2 is 1.96 bits per heavy atom. The molecule has 0 aliphatic carbocycles. The Bertz CT molecular complexity index is 1030. The van der Waals surface area contributed by atoms with Gasteiger partial charge in [-0.15, -0.1) is 0 Å². The first-order valence-corrected chi connectivity index (χ1v) is 8.42. The molecular formula is C18H15ClN4O3. The molecule has 3 aromatic rings. The molecule has 0 atom stereocenters. The number of ether oxygens (including phenoxy) is 1. The van der Waals surface area contributed by atoms with E-state index in [-0.39, 0.29) is 12.3 Å². The number of hydrogen-bond donors (Lipinski definition) is 2. The second-order valence-corrected chi connectivity index (χ2v) is 6.38. The summed E-state index contributed by atoms with van der Waals surface area (Å²) in [6, 6.07) is 13.0. The lowest BCUT2D eigenvalue weighted by Crippen LogP contribution is -2.33. The highest BCUT2D eigenvalue weighted by atomic mass is 35.5. The highest BCUT2D eigenvalue weighted by molar-refractivity contribution is 6.31. The summed E-state index contributed by atoms with van der Waals surface area (Å²) in [7, 11) is 0. The summed E-state index contributed by atoms with van der Waals surface area (Å²) in [6.45, 7) is 0.672. The highest BCUT2D eigenvalue weighted by Gasteiger charge is 2.24. The Kier molecular flexibility index (Phi) is 4.22. The van der Waals surface area contributed by atoms with Crippen LogP contribution in [0.4, 0.5) is 0 Å². The van der Waals surface area contributed by atoms with Gasteiger partial charge in [0.15, 0.2) is 0 Å². The maximum absolute atomic E-state index is 12.8. The van der Waals surface area contributed by atoms with E-state index < -0.39 is 5.69 Å². The van der Waals surface area contributed by atoms with Gasteiger partial charge in [0.05, 0.1) is 13.0 Å². The van der Waals surface area contributed by atoms with Crippen molar-refractivity contribution in [1.29, 1.82) is 0 Å². The number of benzene rings is 2. The fraction of sp³-hybridized carbons (Fsp3) is 0.167. The molecule has 7 nitrogen and oxygen atoms in total. The van der Waals surface area contributed by atoms with Gasteiger partial charge in [-0.25, -0.2) is 9.89 Å². The number of fused-ring (bicyclic) bond motifs is 2. The van der Waals surface area contributed by atoms with E-state index in [9.17, 15) is 9.59 Å². The van der Waals surface area contributed by atoms with Crippen molar-refractivity contribution >= 4 is 17.5 Å². The largest absolute Gasteiger partial charge is 0.457 e. The van der Waals surface area contributed by atoms with E-state index in [0.29, 0.717) is 35.4 Å². The highest BCUT2D eigenvalue weighted by Crippen LogP contribution is 2.36. The molecule has 0 spiro atoms.